The van der Waals surface area contributed by atoms with Gasteiger partial charge in [0.15, 0.2) is 0 Å². The molecule has 0 saturated heterocycles. The molecule has 25 heavy (non-hydrogen) atoms. The van der Waals surface area contributed by atoms with Gasteiger partial charge in [0.25, 0.3) is 0 Å². The molecule has 0 aliphatic rings. The Labute approximate surface area is 153 Å². The van der Waals surface area contributed by atoms with Gasteiger partial charge in [-0.25, -0.2) is 8.42 Å². The second kappa shape index (κ2) is 8.99. The van der Waals surface area contributed by atoms with Crippen molar-refractivity contribution in [2.45, 2.75) is 24.8 Å². The summed E-state index contributed by atoms with van der Waals surface area (Å²) < 4.78 is 26.7. The highest BCUT2D eigenvalue weighted by Crippen LogP contribution is 2.18. The van der Waals surface area contributed by atoms with Crippen molar-refractivity contribution in [1.29, 1.82) is 0 Å². The maximum absolute atomic E-state index is 12.7. The summed E-state index contributed by atoms with van der Waals surface area (Å²) in [4.78, 5) is 12.3. The number of hydrogen-bond donors (Lipinski definition) is 1. The van der Waals surface area contributed by atoms with Gasteiger partial charge in [0.1, 0.15) is 0 Å². The third-order valence-electron chi connectivity index (χ3n) is 3.58. The van der Waals surface area contributed by atoms with E-state index < -0.39 is 10.0 Å². The molecular weight excluding hydrogens is 360 g/mol. The summed E-state index contributed by atoms with van der Waals surface area (Å²) in [6.07, 6.45) is 0.610. The van der Waals surface area contributed by atoms with Crippen LogP contribution in [0.15, 0.2) is 59.5 Å². The lowest BCUT2D eigenvalue weighted by Gasteiger charge is -2.21. The zero-order valence-electron chi connectivity index (χ0n) is 14.0. The van der Waals surface area contributed by atoms with Crippen molar-refractivity contribution < 1.29 is 13.2 Å². The van der Waals surface area contributed by atoms with E-state index in [0.717, 1.165) is 5.56 Å². The number of amides is 1. The lowest BCUT2D eigenvalue weighted by molar-refractivity contribution is -0.121. The molecule has 2 rings (SSSR count). The van der Waals surface area contributed by atoms with Crippen molar-refractivity contribution >= 4 is 27.5 Å². The lowest BCUT2D eigenvalue weighted by Crippen LogP contribution is -2.40. The quantitative estimate of drug-likeness (QED) is 0.765. The minimum absolute atomic E-state index is 0.126. The SMILES string of the molecule is CCCN(CC(=O)NCc1ccccc1)S(=O)(=O)c1ccc(Cl)cc1. The summed E-state index contributed by atoms with van der Waals surface area (Å²) in [5, 5.41) is 3.21. The first-order valence-corrected chi connectivity index (χ1v) is 9.81. The van der Waals surface area contributed by atoms with E-state index in [2.05, 4.69) is 5.32 Å². The van der Waals surface area contributed by atoms with Crippen LogP contribution < -0.4 is 5.32 Å². The van der Waals surface area contributed by atoms with Crippen LogP contribution >= 0.6 is 11.6 Å². The van der Waals surface area contributed by atoms with E-state index in [-0.39, 0.29) is 23.9 Å². The van der Waals surface area contributed by atoms with E-state index in [9.17, 15) is 13.2 Å². The predicted octanol–water partition coefficient (Wildman–Crippen LogP) is 3.06. The molecule has 0 fully saturated rings. The van der Waals surface area contributed by atoms with Gasteiger partial charge in [0.05, 0.1) is 11.4 Å². The number of hydrogen-bond acceptors (Lipinski definition) is 3. The molecule has 2 aromatic carbocycles. The zero-order valence-corrected chi connectivity index (χ0v) is 15.6. The minimum Gasteiger partial charge on any atom is -0.351 e. The second-order valence-electron chi connectivity index (χ2n) is 5.55. The Morgan fingerprint density at radius 3 is 2.32 bits per heavy atom. The highest BCUT2D eigenvalue weighted by Gasteiger charge is 2.25. The lowest BCUT2D eigenvalue weighted by atomic mass is 10.2. The van der Waals surface area contributed by atoms with Gasteiger partial charge in [0, 0.05) is 18.1 Å². The summed E-state index contributed by atoms with van der Waals surface area (Å²) in [5.41, 5.74) is 0.957. The predicted molar refractivity (Wildman–Crippen MR) is 98.8 cm³/mol. The number of nitrogens with zero attached hydrogens (tertiary/aromatic N) is 1. The van der Waals surface area contributed by atoms with Gasteiger partial charge < -0.3 is 5.32 Å². The number of sulfonamides is 1. The van der Waals surface area contributed by atoms with Crippen LogP contribution in [0.1, 0.15) is 18.9 Å². The molecule has 0 aromatic heterocycles. The third kappa shape index (κ3) is 5.56. The molecule has 0 atom stereocenters. The standard InChI is InChI=1S/C18H21ClN2O3S/c1-2-12-21(25(23,24)17-10-8-16(19)9-11-17)14-18(22)20-13-15-6-4-3-5-7-15/h3-11H,2,12-14H2,1H3,(H,20,22). The largest absolute Gasteiger partial charge is 0.351 e. The zero-order chi connectivity index (χ0) is 18.3. The normalized spacial score (nSPS) is 11.5. The van der Waals surface area contributed by atoms with Crippen LogP contribution in [-0.4, -0.2) is 31.7 Å². The van der Waals surface area contributed by atoms with Crippen LogP contribution in [0.5, 0.6) is 0 Å². The Bertz CT molecular complexity index is 793. The van der Waals surface area contributed by atoms with Crippen molar-refractivity contribution in [2.75, 3.05) is 13.1 Å². The fourth-order valence-electron chi connectivity index (χ4n) is 2.30. The van der Waals surface area contributed by atoms with Gasteiger partial charge >= 0.3 is 0 Å². The van der Waals surface area contributed by atoms with E-state index in [0.29, 0.717) is 18.0 Å². The molecule has 2 aromatic rings. The van der Waals surface area contributed by atoms with Crippen molar-refractivity contribution in [3.05, 3.63) is 65.2 Å². The van der Waals surface area contributed by atoms with E-state index in [1.54, 1.807) is 0 Å². The summed E-state index contributed by atoms with van der Waals surface area (Å²) in [6, 6.07) is 15.4. The Balaban J connectivity index is 2.06. The van der Waals surface area contributed by atoms with E-state index in [1.165, 1.54) is 28.6 Å². The van der Waals surface area contributed by atoms with Crippen LogP contribution in [0.2, 0.25) is 5.02 Å². The number of carbonyl (C=O) groups excluding carboxylic acids is 1. The number of nitrogens with one attached hydrogen (secondary N) is 1. The van der Waals surface area contributed by atoms with Crippen molar-refractivity contribution in [3.63, 3.8) is 0 Å². The van der Waals surface area contributed by atoms with Crippen molar-refractivity contribution in [2.24, 2.45) is 0 Å². The molecule has 0 bridgehead atoms. The molecule has 1 N–H and O–H groups in total. The molecule has 0 aliphatic carbocycles. The maximum atomic E-state index is 12.7. The summed E-state index contributed by atoms with van der Waals surface area (Å²) in [5.74, 6) is -0.338. The molecule has 0 unspecified atom stereocenters. The summed E-state index contributed by atoms with van der Waals surface area (Å²) in [6.45, 7) is 2.28. The van der Waals surface area contributed by atoms with Crippen LogP contribution in [0, 0.1) is 0 Å². The van der Waals surface area contributed by atoms with E-state index in [1.807, 2.05) is 37.3 Å². The molecule has 7 heteroatoms. The van der Waals surface area contributed by atoms with E-state index in [4.69, 9.17) is 11.6 Å². The van der Waals surface area contributed by atoms with Gasteiger partial charge in [-0.3, -0.25) is 4.79 Å². The van der Waals surface area contributed by atoms with E-state index >= 15 is 0 Å². The Kier molecular flexibility index (Phi) is 6.99. The molecule has 0 heterocycles. The third-order valence-corrected chi connectivity index (χ3v) is 5.69. The number of halogens is 1. The smallest absolute Gasteiger partial charge is 0.243 e. The average Bonchev–Trinajstić information content (AvgIpc) is 2.61. The monoisotopic (exact) mass is 380 g/mol. The van der Waals surface area contributed by atoms with Gasteiger partial charge in [-0.05, 0) is 36.2 Å². The van der Waals surface area contributed by atoms with Gasteiger partial charge in [0.2, 0.25) is 15.9 Å². The fraction of sp³-hybridized carbons (Fsp3) is 0.278. The van der Waals surface area contributed by atoms with Crippen LogP contribution in [-0.2, 0) is 21.4 Å². The molecular formula is C18H21ClN2O3S. The highest BCUT2D eigenvalue weighted by molar-refractivity contribution is 7.89. The molecule has 5 nitrogen and oxygen atoms in total. The first-order chi connectivity index (χ1) is 11.9. The topological polar surface area (TPSA) is 66.5 Å². The molecule has 0 aliphatic heterocycles. The molecule has 0 saturated carbocycles. The van der Waals surface area contributed by atoms with Crippen LogP contribution in [0.25, 0.3) is 0 Å². The number of benzene rings is 2. The molecule has 1 amide bonds. The average molecular weight is 381 g/mol. The molecule has 0 radical (unpaired) electrons. The molecule has 0 spiro atoms. The second-order valence-corrected chi connectivity index (χ2v) is 7.93. The minimum atomic E-state index is -3.74. The number of carbonyl (C=O) groups is 1. The van der Waals surface area contributed by atoms with Crippen molar-refractivity contribution in [3.8, 4) is 0 Å². The first-order valence-electron chi connectivity index (χ1n) is 8.00. The Morgan fingerprint density at radius 2 is 1.72 bits per heavy atom. The number of rotatable bonds is 8. The first kappa shape index (κ1) is 19.4. The fourth-order valence-corrected chi connectivity index (χ4v) is 3.92. The maximum Gasteiger partial charge on any atom is 0.243 e. The molecule has 134 valence electrons. The Morgan fingerprint density at radius 1 is 1.08 bits per heavy atom. The van der Waals surface area contributed by atoms with Gasteiger partial charge in [-0.15, -0.1) is 0 Å². The summed E-state index contributed by atoms with van der Waals surface area (Å²) >= 11 is 5.81. The highest BCUT2D eigenvalue weighted by atomic mass is 35.5. The van der Waals surface area contributed by atoms with Crippen LogP contribution in [0.4, 0.5) is 0 Å². The van der Waals surface area contributed by atoms with Gasteiger partial charge in [-0.1, -0.05) is 48.9 Å². The van der Waals surface area contributed by atoms with Gasteiger partial charge in [-0.2, -0.15) is 4.31 Å². The summed E-state index contributed by atoms with van der Waals surface area (Å²) in [7, 11) is -3.74. The van der Waals surface area contributed by atoms with Crippen molar-refractivity contribution in [1.82, 2.24) is 9.62 Å². The van der Waals surface area contributed by atoms with Crippen LogP contribution in [0.3, 0.4) is 0 Å². The Hall–Kier alpha value is -1.89.